The highest BCUT2D eigenvalue weighted by Gasteiger charge is 2.36. The standard InChI is InChI=1S/C59H38S/c1-59(2)52-29-27-39(49-31-38-17-6-8-20-42(38)57-51-30-36-15-3-4-16-37(36)34-54(51)60-58(49)57)32-50(52)43-28-26-40(33-53(43)59)55-45-21-9-11-23-47(45)56(48-24-12-10-22-46(48)55)44-25-13-18-35-14-5-7-19-41(35)44/h3-34H,1-2H3. The molecule has 0 nitrogen and oxygen atoms in total. The Hall–Kier alpha value is -7.06. The summed E-state index contributed by atoms with van der Waals surface area (Å²) in [5.41, 5.74) is 13.0. The quantitative estimate of drug-likeness (QED) is 0.157. The molecular weight excluding hydrogens is 741 g/mol. The Kier molecular flexibility index (Phi) is 7.04. The third-order valence-electron chi connectivity index (χ3n) is 13.6. The SMILES string of the molecule is CC1(C)c2ccc(-c3cc4ccccc4c4c3sc3cc5ccccc5cc34)cc2-c2ccc(-c3c4ccccc4c(-c4cccc5ccccc45)c4ccccc34)cc21. The summed E-state index contributed by atoms with van der Waals surface area (Å²) in [7, 11) is 0. The van der Waals surface area contributed by atoms with E-state index >= 15 is 0 Å². The van der Waals surface area contributed by atoms with E-state index < -0.39 is 0 Å². The maximum atomic E-state index is 2.51. The lowest BCUT2D eigenvalue weighted by Crippen LogP contribution is -2.15. The predicted molar refractivity (Wildman–Crippen MR) is 261 cm³/mol. The van der Waals surface area contributed by atoms with Crippen LogP contribution in [0.2, 0.25) is 0 Å². The summed E-state index contributed by atoms with van der Waals surface area (Å²) in [6.07, 6.45) is 0. The number of thiophene rings is 1. The van der Waals surface area contributed by atoms with Crippen LogP contribution in [0.3, 0.4) is 0 Å². The summed E-state index contributed by atoms with van der Waals surface area (Å²) in [5, 5.41) is 15.6. The van der Waals surface area contributed by atoms with E-state index in [1.807, 2.05) is 11.3 Å². The average molecular weight is 779 g/mol. The Morgan fingerprint density at radius 1 is 0.333 bits per heavy atom. The van der Waals surface area contributed by atoms with Gasteiger partial charge in [-0.2, -0.15) is 0 Å². The van der Waals surface area contributed by atoms with E-state index in [2.05, 4.69) is 208 Å². The lowest BCUT2D eigenvalue weighted by atomic mass is 9.80. The van der Waals surface area contributed by atoms with Gasteiger partial charge in [0.2, 0.25) is 0 Å². The molecule has 1 heterocycles. The van der Waals surface area contributed by atoms with E-state index in [4.69, 9.17) is 0 Å². The zero-order chi connectivity index (χ0) is 39.7. The molecule has 0 N–H and O–H groups in total. The van der Waals surface area contributed by atoms with Crippen LogP contribution in [0.5, 0.6) is 0 Å². The fourth-order valence-electron chi connectivity index (χ4n) is 10.8. The third kappa shape index (κ3) is 4.73. The highest BCUT2D eigenvalue weighted by atomic mass is 32.1. The second kappa shape index (κ2) is 12.5. The largest absolute Gasteiger partial charge is 0.134 e. The van der Waals surface area contributed by atoms with Crippen LogP contribution in [0.4, 0.5) is 0 Å². The zero-order valence-electron chi connectivity index (χ0n) is 33.4. The first kappa shape index (κ1) is 33.9. The number of hydrogen-bond acceptors (Lipinski definition) is 1. The van der Waals surface area contributed by atoms with E-state index in [1.54, 1.807) is 0 Å². The van der Waals surface area contributed by atoms with E-state index in [-0.39, 0.29) is 5.41 Å². The molecule has 0 bridgehead atoms. The fourth-order valence-corrected chi connectivity index (χ4v) is 12.1. The normalized spacial score (nSPS) is 13.3. The lowest BCUT2D eigenvalue weighted by Gasteiger charge is -2.23. The molecule has 12 aromatic rings. The van der Waals surface area contributed by atoms with Crippen molar-refractivity contribution in [3.8, 4) is 44.5 Å². The van der Waals surface area contributed by atoms with Gasteiger partial charge < -0.3 is 0 Å². The van der Waals surface area contributed by atoms with Gasteiger partial charge in [-0.3, -0.25) is 0 Å². The molecule has 0 saturated carbocycles. The van der Waals surface area contributed by atoms with Crippen molar-refractivity contribution in [1.82, 2.24) is 0 Å². The van der Waals surface area contributed by atoms with Gasteiger partial charge in [-0.05, 0) is 134 Å². The predicted octanol–water partition coefficient (Wildman–Crippen LogP) is 17.1. The minimum absolute atomic E-state index is 0.163. The molecular formula is C59H38S. The van der Waals surface area contributed by atoms with Gasteiger partial charge in [0.25, 0.3) is 0 Å². The van der Waals surface area contributed by atoms with Crippen molar-refractivity contribution < 1.29 is 0 Å². The summed E-state index contributed by atoms with van der Waals surface area (Å²) in [6.45, 7) is 4.82. The molecule has 0 spiro atoms. The van der Waals surface area contributed by atoms with E-state index in [9.17, 15) is 0 Å². The maximum absolute atomic E-state index is 2.51. The molecule has 11 aromatic carbocycles. The number of benzene rings is 11. The maximum Gasteiger partial charge on any atom is 0.0440 e. The van der Waals surface area contributed by atoms with Crippen molar-refractivity contribution in [1.29, 1.82) is 0 Å². The smallest absolute Gasteiger partial charge is 0.0440 e. The van der Waals surface area contributed by atoms with Crippen molar-refractivity contribution in [3.63, 3.8) is 0 Å². The Morgan fingerprint density at radius 3 is 1.65 bits per heavy atom. The molecule has 1 heteroatoms. The summed E-state index contributed by atoms with van der Waals surface area (Å²) >= 11 is 1.93. The van der Waals surface area contributed by atoms with Crippen LogP contribution in [0.1, 0.15) is 25.0 Å². The highest BCUT2D eigenvalue weighted by Crippen LogP contribution is 2.53. The van der Waals surface area contributed by atoms with Gasteiger partial charge in [-0.1, -0.05) is 178 Å². The number of hydrogen-bond donors (Lipinski definition) is 0. The van der Waals surface area contributed by atoms with Crippen molar-refractivity contribution in [3.05, 3.63) is 205 Å². The molecule has 60 heavy (non-hydrogen) atoms. The van der Waals surface area contributed by atoms with Gasteiger partial charge in [-0.15, -0.1) is 11.3 Å². The van der Waals surface area contributed by atoms with Crippen molar-refractivity contribution >= 4 is 85.4 Å². The van der Waals surface area contributed by atoms with E-state index in [0.29, 0.717) is 0 Å². The minimum atomic E-state index is -0.163. The van der Waals surface area contributed by atoms with Crippen LogP contribution in [-0.2, 0) is 5.41 Å². The Labute approximate surface area is 352 Å². The van der Waals surface area contributed by atoms with Crippen molar-refractivity contribution in [2.45, 2.75) is 19.3 Å². The van der Waals surface area contributed by atoms with Gasteiger partial charge in [-0.25, -0.2) is 0 Å². The summed E-state index contributed by atoms with van der Waals surface area (Å²) in [4.78, 5) is 0. The monoisotopic (exact) mass is 778 g/mol. The van der Waals surface area contributed by atoms with Crippen LogP contribution in [0.15, 0.2) is 194 Å². The van der Waals surface area contributed by atoms with Crippen molar-refractivity contribution in [2.75, 3.05) is 0 Å². The summed E-state index contributed by atoms with van der Waals surface area (Å²) in [6, 6.07) is 73.0. The third-order valence-corrected chi connectivity index (χ3v) is 14.8. The Balaban J connectivity index is 1.01. The van der Waals surface area contributed by atoms with Crippen LogP contribution < -0.4 is 0 Å². The van der Waals surface area contributed by atoms with Gasteiger partial charge >= 0.3 is 0 Å². The highest BCUT2D eigenvalue weighted by molar-refractivity contribution is 7.26. The number of rotatable bonds is 3. The van der Waals surface area contributed by atoms with Gasteiger partial charge in [0.1, 0.15) is 0 Å². The first-order chi connectivity index (χ1) is 29.5. The van der Waals surface area contributed by atoms with Crippen LogP contribution in [0.25, 0.3) is 119 Å². The Morgan fingerprint density at radius 2 is 0.917 bits per heavy atom. The molecule has 0 aliphatic heterocycles. The topological polar surface area (TPSA) is 0 Å². The molecule has 1 aliphatic rings. The molecule has 13 rings (SSSR count). The summed E-state index contributed by atoms with van der Waals surface area (Å²) < 4.78 is 2.70. The molecule has 0 radical (unpaired) electrons. The Bertz CT molecular complexity index is 3740. The molecule has 1 aliphatic carbocycles. The molecule has 0 unspecified atom stereocenters. The van der Waals surface area contributed by atoms with E-state index in [1.165, 1.54) is 130 Å². The molecule has 1 aromatic heterocycles. The second-order valence-corrected chi connectivity index (χ2v) is 18.2. The number of fused-ring (bicyclic) bond motifs is 12. The van der Waals surface area contributed by atoms with Gasteiger partial charge in [0.05, 0.1) is 0 Å². The van der Waals surface area contributed by atoms with Crippen LogP contribution >= 0.6 is 11.3 Å². The van der Waals surface area contributed by atoms with Crippen molar-refractivity contribution in [2.24, 2.45) is 0 Å². The average Bonchev–Trinajstić information content (AvgIpc) is 3.77. The molecule has 0 fully saturated rings. The minimum Gasteiger partial charge on any atom is -0.134 e. The first-order valence-corrected chi connectivity index (χ1v) is 21.8. The van der Waals surface area contributed by atoms with Gasteiger partial charge in [0, 0.05) is 31.2 Å². The zero-order valence-corrected chi connectivity index (χ0v) is 34.2. The molecule has 0 saturated heterocycles. The van der Waals surface area contributed by atoms with Crippen LogP contribution in [-0.4, -0.2) is 0 Å². The molecule has 0 atom stereocenters. The van der Waals surface area contributed by atoms with Crippen LogP contribution in [0, 0.1) is 0 Å². The second-order valence-electron chi connectivity index (χ2n) is 17.2. The lowest BCUT2D eigenvalue weighted by molar-refractivity contribution is 0.660. The first-order valence-electron chi connectivity index (χ1n) is 21.0. The molecule has 0 amide bonds. The summed E-state index contributed by atoms with van der Waals surface area (Å²) in [5.74, 6) is 0. The van der Waals surface area contributed by atoms with Gasteiger partial charge in [0.15, 0.2) is 0 Å². The fraction of sp³-hybridized carbons (Fsp3) is 0.0508. The molecule has 280 valence electrons. The van der Waals surface area contributed by atoms with E-state index in [0.717, 1.165) is 0 Å².